The van der Waals surface area contributed by atoms with Gasteiger partial charge >= 0.3 is 11.7 Å². The Morgan fingerprint density at radius 3 is 2.56 bits per heavy atom. The summed E-state index contributed by atoms with van der Waals surface area (Å²) in [4.78, 5) is 25.3. The second-order valence-electron chi connectivity index (χ2n) is 6.91. The Kier molecular flexibility index (Phi) is 5.52. The number of urea groups is 1. The maximum Gasteiger partial charge on any atom is 0.336 e. The summed E-state index contributed by atoms with van der Waals surface area (Å²) in [6, 6.07) is 7.63. The lowest BCUT2D eigenvalue weighted by molar-refractivity contribution is 0.193. The molecule has 0 radical (unpaired) electrons. The number of rotatable bonds is 4. The third-order valence-electron chi connectivity index (χ3n) is 4.60. The van der Waals surface area contributed by atoms with Crippen LogP contribution in [0.2, 0.25) is 0 Å². The highest BCUT2D eigenvalue weighted by atomic mass is 32.2. The van der Waals surface area contributed by atoms with Gasteiger partial charge in [0.15, 0.2) is 0 Å². The van der Waals surface area contributed by atoms with Crippen LogP contribution < -0.4 is 15.7 Å². The molecule has 1 aliphatic rings. The number of fused-ring (bicyclic) bond motifs is 1. The molecule has 1 aliphatic heterocycles. The second-order valence-corrected chi connectivity index (χ2v) is 9.18. The number of carbonyl (C=O) groups excluding carboxylic acids is 1. The van der Waals surface area contributed by atoms with E-state index in [0.717, 1.165) is 0 Å². The summed E-state index contributed by atoms with van der Waals surface area (Å²) in [6.45, 7) is 4.22. The Bertz CT molecular complexity index is 991. The van der Waals surface area contributed by atoms with Crippen LogP contribution in [0.3, 0.4) is 0 Å². The molecule has 1 fully saturated rings. The highest BCUT2D eigenvalue weighted by Gasteiger charge is 2.27. The van der Waals surface area contributed by atoms with Crippen molar-refractivity contribution in [3.63, 3.8) is 0 Å². The quantitative estimate of drug-likeness (QED) is 0.774. The van der Waals surface area contributed by atoms with Gasteiger partial charge in [0.05, 0.1) is 5.25 Å². The summed E-state index contributed by atoms with van der Waals surface area (Å²) in [7, 11) is -3.31. The molecule has 27 heavy (non-hydrogen) atoms. The monoisotopic (exact) mass is 393 g/mol. The van der Waals surface area contributed by atoms with Crippen molar-refractivity contribution in [3.8, 4) is 0 Å². The molecule has 2 N–H and O–H groups in total. The number of benzene rings is 1. The van der Waals surface area contributed by atoms with E-state index in [1.165, 1.54) is 6.07 Å². The van der Waals surface area contributed by atoms with Crippen LogP contribution >= 0.6 is 0 Å². The minimum Gasteiger partial charge on any atom is -0.423 e. The number of anilines is 1. The molecule has 2 heterocycles. The summed E-state index contributed by atoms with van der Waals surface area (Å²) in [5, 5.41) is 3.07. The van der Waals surface area contributed by atoms with Gasteiger partial charge in [-0.3, -0.25) is 0 Å². The molecule has 0 saturated carbocycles. The fourth-order valence-corrected chi connectivity index (χ4v) is 3.89. The van der Waals surface area contributed by atoms with Crippen molar-refractivity contribution in [2.45, 2.75) is 38.0 Å². The molecule has 0 spiro atoms. The van der Waals surface area contributed by atoms with Gasteiger partial charge in [0.2, 0.25) is 10.0 Å². The number of likely N-dealkylation sites (tertiary alicyclic amines) is 1. The van der Waals surface area contributed by atoms with E-state index in [4.69, 9.17) is 4.42 Å². The topological polar surface area (TPSA) is 109 Å². The molecule has 0 aliphatic carbocycles. The zero-order chi connectivity index (χ0) is 19.6. The van der Waals surface area contributed by atoms with E-state index in [1.54, 1.807) is 43.0 Å². The van der Waals surface area contributed by atoms with Gasteiger partial charge in [-0.15, -0.1) is 0 Å². The lowest BCUT2D eigenvalue weighted by Gasteiger charge is -2.32. The minimum atomic E-state index is -3.31. The number of sulfonamides is 1. The van der Waals surface area contributed by atoms with Crippen LogP contribution in [0.5, 0.6) is 0 Å². The molecule has 0 bridgehead atoms. The van der Waals surface area contributed by atoms with Gasteiger partial charge in [-0.25, -0.2) is 22.7 Å². The molecule has 0 unspecified atom stereocenters. The van der Waals surface area contributed by atoms with Crippen LogP contribution in [-0.2, 0) is 10.0 Å². The first kappa shape index (κ1) is 19.4. The first-order valence-electron chi connectivity index (χ1n) is 8.85. The Balaban J connectivity index is 1.58. The van der Waals surface area contributed by atoms with Crippen LogP contribution in [0.1, 0.15) is 26.7 Å². The largest absolute Gasteiger partial charge is 0.423 e. The van der Waals surface area contributed by atoms with Crippen LogP contribution in [0.15, 0.2) is 39.5 Å². The number of amides is 2. The second kappa shape index (κ2) is 7.69. The first-order valence-corrected chi connectivity index (χ1v) is 10.4. The van der Waals surface area contributed by atoms with Crippen molar-refractivity contribution >= 4 is 32.7 Å². The molecule has 0 atom stereocenters. The SMILES string of the molecule is CC(C)S(=O)(=O)NC1CCN(C(=O)Nc2ccc3oc(=O)ccc3c2)CC1. The molecule has 146 valence electrons. The molecule has 8 nitrogen and oxygen atoms in total. The van der Waals surface area contributed by atoms with E-state index in [0.29, 0.717) is 42.6 Å². The van der Waals surface area contributed by atoms with E-state index < -0.39 is 20.9 Å². The van der Waals surface area contributed by atoms with Gasteiger partial charge in [-0.1, -0.05) is 0 Å². The standard InChI is InChI=1S/C18H23N3O5S/c1-12(2)27(24,25)20-14-7-9-21(10-8-14)18(23)19-15-4-5-16-13(11-15)3-6-17(22)26-16/h3-6,11-12,14,20H,7-10H2,1-2H3,(H,19,23). The molecule has 3 rings (SSSR count). The highest BCUT2D eigenvalue weighted by molar-refractivity contribution is 7.90. The molecular formula is C18H23N3O5S. The highest BCUT2D eigenvalue weighted by Crippen LogP contribution is 2.19. The predicted octanol–water partition coefficient (Wildman–Crippen LogP) is 2.12. The van der Waals surface area contributed by atoms with E-state index in [1.807, 2.05) is 0 Å². The molecule has 1 aromatic heterocycles. The van der Waals surface area contributed by atoms with Gasteiger partial charge in [0, 0.05) is 36.3 Å². The molecule has 2 amide bonds. The van der Waals surface area contributed by atoms with Crippen molar-refractivity contribution in [1.82, 2.24) is 9.62 Å². The summed E-state index contributed by atoms with van der Waals surface area (Å²) in [6.07, 6.45) is 1.14. The third kappa shape index (κ3) is 4.67. The van der Waals surface area contributed by atoms with Gasteiger partial charge in [-0.05, 0) is 51.0 Å². The Labute approximate surface area is 157 Å². The lowest BCUT2D eigenvalue weighted by Crippen LogP contribution is -2.48. The van der Waals surface area contributed by atoms with Crippen LogP contribution in [0.4, 0.5) is 10.5 Å². The zero-order valence-electron chi connectivity index (χ0n) is 15.3. The van der Waals surface area contributed by atoms with E-state index >= 15 is 0 Å². The van der Waals surface area contributed by atoms with Crippen molar-refractivity contribution in [2.75, 3.05) is 18.4 Å². The Morgan fingerprint density at radius 1 is 1.19 bits per heavy atom. The average Bonchev–Trinajstić information content (AvgIpc) is 2.62. The van der Waals surface area contributed by atoms with E-state index in [2.05, 4.69) is 10.0 Å². The van der Waals surface area contributed by atoms with E-state index in [-0.39, 0.29) is 12.1 Å². The lowest BCUT2D eigenvalue weighted by atomic mass is 10.1. The maximum atomic E-state index is 12.5. The number of nitrogens with zero attached hydrogens (tertiary/aromatic N) is 1. The third-order valence-corrected chi connectivity index (χ3v) is 6.51. The fraction of sp³-hybridized carbons (Fsp3) is 0.444. The normalized spacial score (nSPS) is 16.0. The summed E-state index contributed by atoms with van der Waals surface area (Å²) >= 11 is 0. The summed E-state index contributed by atoms with van der Waals surface area (Å²) in [5.41, 5.74) is 0.637. The first-order chi connectivity index (χ1) is 12.7. The Morgan fingerprint density at radius 2 is 1.89 bits per heavy atom. The molecule has 1 aromatic carbocycles. The smallest absolute Gasteiger partial charge is 0.336 e. The molecule has 1 saturated heterocycles. The maximum absolute atomic E-state index is 12.5. The Hall–Kier alpha value is -2.39. The zero-order valence-corrected chi connectivity index (χ0v) is 16.1. The summed E-state index contributed by atoms with van der Waals surface area (Å²) < 4.78 is 31.7. The number of nitrogens with one attached hydrogen (secondary N) is 2. The number of hydrogen-bond acceptors (Lipinski definition) is 5. The van der Waals surface area contributed by atoms with E-state index in [9.17, 15) is 18.0 Å². The number of hydrogen-bond donors (Lipinski definition) is 2. The van der Waals surface area contributed by atoms with Crippen molar-refractivity contribution < 1.29 is 17.6 Å². The van der Waals surface area contributed by atoms with Crippen LogP contribution in [-0.4, -0.2) is 43.7 Å². The minimum absolute atomic E-state index is 0.148. The number of piperidine rings is 1. The average molecular weight is 393 g/mol. The van der Waals surface area contributed by atoms with Gasteiger partial charge in [0.1, 0.15) is 5.58 Å². The van der Waals surface area contributed by atoms with Crippen LogP contribution in [0.25, 0.3) is 11.0 Å². The van der Waals surface area contributed by atoms with Crippen molar-refractivity contribution in [3.05, 3.63) is 40.8 Å². The molecule has 2 aromatic rings. The molecule has 9 heteroatoms. The summed E-state index contributed by atoms with van der Waals surface area (Å²) in [5.74, 6) is 0. The number of carbonyl (C=O) groups is 1. The predicted molar refractivity (Wildman–Crippen MR) is 103 cm³/mol. The van der Waals surface area contributed by atoms with Gasteiger partial charge in [0.25, 0.3) is 0 Å². The van der Waals surface area contributed by atoms with Gasteiger partial charge in [-0.2, -0.15) is 0 Å². The van der Waals surface area contributed by atoms with Crippen molar-refractivity contribution in [2.24, 2.45) is 0 Å². The van der Waals surface area contributed by atoms with Crippen molar-refractivity contribution in [1.29, 1.82) is 0 Å². The fourth-order valence-electron chi connectivity index (χ4n) is 2.92. The van der Waals surface area contributed by atoms with Gasteiger partial charge < -0.3 is 14.6 Å². The van der Waals surface area contributed by atoms with Crippen LogP contribution in [0, 0.1) is 0 Å². The molecular weight excluding hydrogens is 370 g/mol.